The highest BCUT2D eigenvalue weighted by molar-refractivity contribution is 8.01. The highest BCUT2D eigenvalue weighted by Gasteiger charge is 2.05. The second kappa shape index (κ2) is 7.86. The quantitative estimate of drug-likeness (QED) is 0.460. The lowest BCUT2D eigenvalue weighted by atomic mass is 10.3. The lowest BCUT2D eigenvalue weighted by Gasteiger charge is -2.05. The second-order valence-corrected chi connectivity index (χ2v) is 5.99. The zero-order valence-corrected chi connectivity index (χ0v) is 12.3. The Bertz CT molecular complexity index is 562. The summed E-state index contributed by atoms with van der Waals surface area (Å²) >= 11 is 3.01. The van der Waals surface area contributed by atoms with Gasteiger partial charge in [0.1, 0.15) is 0 Å². The summed E-state index contributed by atoms with van der Waals surface area (Å²) in [7, 11) is 0. The number of halogens is 1. The first-order valence-corrected chi connectivity index (χ1v) is 7.78. The van der Waals surface area contributed by atoms with Gasteiger partial charge in [0, 0.05) is 12.3 Å². The summed E-state index contributed by atoms with van der Waals surface area (Å²) < 4.78 is 19.5. The van der Waals surface area contributed by atoms with Crippen molar-refractivity contribution >= 4 is 28.2 Å². The lowest BCUT2D eigenvalue weighted by Crippen LogP contribution is -2.01. The first-order valence-electron chi connectivity index (χ1n) is 5.98. The van der Waals surface area contributed by atoms with Crippen LogP contribution >= 0.6 is 23.1 Å². The van der Waals surface area contributed by atoms with Gasteiger partial charge in [0.2, 0.25) is 5.13 Å². The topological polar surface area (TPSA) is 47.0 Å². The fourth-order valence-corrected chi connectivity index (χ4v) is 2.99. The third-order valence-electron chi connectivity index (χ3n) is 2.21. The maximum absolute atomic E-state index is 13.3. The molecule has 0 aliphatic heterocycles. The van der Waals surface area contributed by atoms with Crippen LogP contribution in [-0.2, 0) is 0 Å². The van der Waals surface area contributed by atoms with Gasteiger partial charge in [-0.25, -0.2) is 4.39 Å². The number of ether oxygens (including phenoxy) is 1. The minimum atomic E-state index is -0.343. The Morgan fingerprint density at radius 2 is 2.25 bits per heavy atom. The van der Waals surface area contributed by atoms with E-state index in [1.807, 2.05) is 0 Å². The third-order valence-corrected chi connectivity index (χ3v) is 4.19. The number of para-hydroxylation sites is 1. The van der Waals surface area contributed by atoms with Crippen molar-refractivity contribution < 1.29 is 9.13 Å². The molecule has 20 heavy (non-hydrogen) atoms. The molecule has 0 radical (unpaired) electrons. The van der Waals surface area contributed by atoms with Crippen molar-refractivity contribution in [3.8, 4) is 5.75 Å². The van der Waals surface area contributed by atoms with Gasteiger partial charge in [0.25, 0.3) is 0 Å². The van der Waals surface area contributed by atoms with E-state index in [9.17, 15) is 4.39 Å². The molecule has 1 N–H and O–H groups in total. The van der Waals surface area contributed by atoms with Gasteiger partial charge in [0.15, 0.2) is 15.9 Å². The van der Waals surface area contributed by atoms with Crippen molar-refractivity contribution in [2.45, 2.75) is 4.34 Å². The molecule has 1 aromatic heterocycles. The van der Waals surface area contributed by atoms with Gasteiger partial charge in [-0.3, -0.25) is 0 Å². The molecule has 0 unspecified atom stereocenters. The molecule has 106 valence electrons. The van der Waals surface area contributed by atoms with E-state index in [0.717, 1.165) is 9.47 Å². The number of hydrogen-bond donors (Lipinski definition) is 1. The molecule has 2 aromatic rings. The van der Waals surface area contributed by atoms with Crippen molar-refractivity contribution in [1.29, 1.82) is 0 Å². The highest BCUT2D eigenvalue weighted by atomic mass is 32.2. The van der Waals surface area contributed by atoms with E-state index in [4.69, 9.17) is 4.74 Å². The largest absolute Gasteiger partial charge is 0.490 e. The molecule has 0 saturated heterocycles. The van der Waals surface area contributed by atoms with E-state index < -0.39 is 0 Å². The molecule has 1 heterocycles. The minimum Gasteiger partial charge on any atom is -0.490 e. The zero-order valence-electron chi connectivity index (χ0n) is 10.7. The maximum Gasteiger partial charge on any atom is 0.206 e. The summed E-state index contributed by atoms with van der Waals surface area (Å²) in [5, 5.41) is 11.9. The van der Waals surface area contributed by atoms with E-state index in [0.29, 0.717) is 18.9 Å². The Morgan fingerprint density at radius 3 is 3.05 bits per heavy atom. The molecule has 0 fully saturated rings. The van der Waals surface area contributed by atoms with Gasteiger partial charge in [-0.2, -0.15) is 0 Å². The average Bonchev–Trinajstić information content (AvgIpc) is 2.91. The van der Waals surface area contributed by atoms with Crippen LogP contribution in [0.5, 0.6) is 5.75 Å². The first-order chi connectivity index (χ1) is 9.79. The SMILES string of the molecule is C=CCNc1nnc(SCCOc2ccccc2F)s1. The van der Waals surface area contributed by atoms with Crippen LogP contribution in [0.2, 0.25) is 0 Å². The molecule has 1 aromatic carbocycles. The summed E-state index contributed by atoms with van der Waals surface area (Å²) in [6.45, 7) is 4.70. The second-order valence-electron chi connectivity index (χ2n) is 3.67. The number of anilines is 1. The number of benzene rings is 1. The summed E-state index contributed by atoms with van der Waals surface area (Å²) in [6.07, 6.45) is 1.76. The van der Waals surface area contributed by atoms with Crippen LogP contribution < -0.4 is 10.1 Å². The van der Waals surface area contributed by atoms with Crippen molar-refractivity contribution in [2.24, 2.45) is 0 Å². The van der Waals surface area contributed by atoms with Gasteiger partial charge in [0.05, 0.1) is 6.61 Å². The van der Waals surface area contributed by atoms with Gasteiger partial charge in [-0.05, 0) is 12.1 Å². The molecule has 0 spiro atoms. The predicted molar refractivity (Wildman–Crippen MR) is 81.2 cm³/mol. The van der Waals surface area contributed by atoms with Crippen molar-refractivity contribution in [3.05, 3.63) is 42.7 Å². The summed E-state index contributed by atoms with van der Waals surface area (Å²) in [5.74, 6) is 0.618. The Balaban J connectivity index is 1.72. The Morgan fingerprint density at radius 1 is 1.40 bits per heavy atom. The molecule has 0 saturated carbocycles. The molecule has 4 nitrogen and oxygen atoms in total. The van der Waals surface area contributed by atoms with E-state index in [1.54, 1.807) is 24.3 Å². The molecule has 0 amide bonds. The predicted octanol–water partition coefficient (Wildman–Crippen LogP) is 3.45. The molecule has 2 rings (SSSR count). The van der Waals surface area contributed by atoms with Gasteiger partial charge in [-0.1, -0.05) is 41.3 Å². The number of rotatable bonds is 8. The fourth-order valence-electron chi connectivity index (χ4n) is 1.34. The lowest BCUT2D eigenvalue weighted by molar-refractivity contribution is 0.325. The molecule has 0 aliphatic carbocycles. The van der Waals surface area contributed by atoms with Crippen LogP contribution in [0.15, 0.2) is 41.3 Å². The number of aromatic nitrogens is 2. The fraction of sp³-hybridized carbons (Fsp3) is 0.231. The molecule has 0 atom stereocenters. The van der Waals surface area contributed by atoms with Gasteiger partial charge < -0.3 is 10.1 Å². The molecule has 0 bridgehead atoms. The molecule has 7 heteroatoms. The van der Waals surface area contributed by atoms with E-state index in [2.05, 4.69) is 22.1 Å². The maximum atomic E-state index is 13.3. The van der Waals surface area contributed by atoms with Gasteiger partial charge in [-0.15, -0.1) is 16.8 Å². The standard InChI is InChI=1S/C13H14FN3OS2/c1-2-7-15-12-16-17-13(20-12)19-9-8-18-11-6-4-3-5-10(11)14/h2-6H,1,7-9H2,(H,15,16). The average molecular weight is 311 g/mol. The van der Waals surface area contributed by atoms with Crippen molar-refractivity contribution in [3.63, 3.8) is 0 Å². The minimum absolute atomic E-state index is 0.277. The summed E-state index contributed by atoms with van der Waals surface area (Å²) in [5.41, 5.74) is 0. The molecule has 0 aliphatic rings. The van der Waals surface area contributed by atoms with E-state index in [-0.39, 0.29) is 11.6 Å². The van der Waals surface area contributed by atoms with Crippen LogP contribution in [0.4, 0.5) is 9.52 Å². The molecular formula is C13H14FN3OS2. The number of thioether (sulfide) groups is 1. The number of hydrogen-bond acceptors (Lipinski definition) is 6. The number of nitrogens with zero attached hydrogens (tertiary/aromatic N) is 2. The monoisotopic (exact) mass is 311 g/mol. The van der Waals surface area contributed by atoms with Crippen LogP contribution in [0.1, 0.15) is 0 Å². The van der Waals surface area contributed by atoms with E-state index in [1.165, 1.54) is 29.2 Å². The Labute approximate surface area is 125 Å². The van der Waals surface area contributed by atoms with Crippen LogP contribution in [-0.4, -0.2) is 29.1 Å². The van der Waals surface area contributed by atoms with Crippen molar-refractivity contribution in [2.75, 3.05) is 24.2 Å². The first kappa shape index (κ1) is 14.8. The number of nitrogens with one attached hydrogen (secondary N) is 1. The zero-order chi connectivity index (χ0) is 14.2. The summed E-state index contributed by atoms with van der Waals surface area (Å²) in [6, 6.07) is 6.37. The van der Waals surface area contributed by atoms with E-state index >= 15 is 0 Å². The van der Waals surface area contributed by atoms with Crippen LogP contribution in [0.3, 0.4) is 0 Å². The highest BCUT2D eigenvalue weighted by Crippen LogP contribution is 2.25. The smallest absolute Gasteiger partial charge is 0.206 e. The Kier molecular flexibility index (Phi) is 5.82. The van der Waals surface area contributed by atoms with Crippen LogP contribution in [0.25, 0.3) is 0 Å². The third kappa shape index (κ3) is 4.50. The van der Waals surface area contributed by atoms with Gasteiger partial charge >= 0.3 is 0 Å². The van der Waals surface area contributed by atoms with Crippen molar-refractivity contribution in [1.82, 2.24) is 10.2 Å². The normalized spacial score (nSPS) is 10.2. The molecular weight excluding hydrogens is 297 g/mol. The van der Waals surface area contributed by atoms with Crippen LogP contribution in [0, 0.1) is 5.82 Å². The Hall–Kier alpha value is -1.60. The summed E-state index contributed by atoms with van der Waals surface area (Å²) in [4.78, 5) is 0.